The Hall–Kier alpha value is -1.58. The third-order valence-electron chi connectivity index (χ3n) is 5.50. The lowest BCUT2D eigenvalue weighted by molar-refractivity contribution is -0.0167. The summed E-state index contributed by atoms with van der Waals surface area (Å²) >= 11 is 0. The lowest BCUT2D eigenvalue weighted by atomic mass is 9.53. The number of rotatable bonds is 3. The van der Waals surface area contributed by atoms with E-state index in [1.54, 1.807) is 12.3 Å². The van der Waals surface area contributed by atoms with Crippen LogP contribution in [0.15, 0.2) is 12.3 Å². The zero-order valence-electron chi connectivity index (χ0n) is 11.5. The van der Waals surface area contributed by atoms with Crippen molar-refractivity contribution in [2.24, 2.45) is 17.8 Å². The van der Waals surface area contributed by atoms with Gasteiger partial charge >= 0.3 is 0 Å². The van der Waals surface area contributed by atoms with E-state index in [0.29, 0.717) is 11.3 Å². The van der Waals surface area contributed by atoms with E-state index in [9.17, 15) is 9.59 Å². The highest BCUT2D eigenvalue weighted by molar-refractivity contribution is 5.94. The molecule has 1 aromatic rings. The van der Waals surface area contributed by atoms with Crippen molar-refractivity contribution in [3.05, 3.63) is 23.5 Å². The van der Waals surface area contributed by atoms with Gasteiger partial charge in [-0.05, 0) is 62.3 Å². The summed E-state index contributed by atoms with van der Waals surface area (Å²) in [5, 5.41) is 3.29. The molecule has 0 atom stereocenters. The molecule has 20 heavy (non-hydrogen) atoms. The van der Waals surface area contributed by atoms with E-state index in [-0.39, 0.29) is 11.4 Å². The molecule has 0 aromatic carbocycles. The van der Waals surface area contributed by atoms with Gasteiger partial charge in [-0.1, -0.05) is 0 Å². The van der Waals surface area contributed by atoms with Crippen molar-refractivity contribution in [3.8, 4) is 0 Å². The van der Waals surface area contributed by atoms with Crippen LogP contribution < -0.4 is 5.32 Å². The molecule has 0 saturated heterocycles. The van der Waals surface area contributed by atoms with Gasteiger partial charge in [-0.25, -0.2) is 0 Å². The first-order valence-electron chi connectivity index (χ1n) is 7.62. The molecule has 0 aliphatic heterocycles. The van der Waals surface area contributed by atoms with Crippen molar-refractivity contribution in [1.29, 1.82) is 0 Å². The van der Waals surface area contributed by atoms with E-state index < -0.39 is 0 Å². The Kier molecular flexibility index (Phi) is 2.56. The topological polar surface area (TPSA) is 62.0 Å². The minimum atomic E-state index is -0.0555. The van der Waals surface area contributed by atoms with E-state index in [0.717, 1.165) is 43.3 Å². The molecule has 4 aliphatic rings. The maximum atomic E-state index is 12.4. The predicted molar refractivity (Wildman–Crippen MR) is 74.5 cm³/mol. The predicted octanol–water partition coefficient (Wildman–Crippen LogP) is 2.53. The normalized spacial score (nSPS) is 37.9. The number of nitrogens with one attached hydrogen (secondary N) is 2. The number of aromatic nitrogens is 1. The first-order valence-corrected chi connectivity index (χ1v) is 7.62. The van der Waals surface area contributed by atoms with Crippen LogP contribution in [0.3, 0.4) is 0 Å². The maximum Gasteiger partial charge on any atom is 0.268 e. The zero-order chi connectivity index (χ0) is 13.7. The van der Waals surface area contributed by atoms with Crippen LogP contribution in [-0.2, 0) is 0 Å². The number of amides is 1. The largest absolute Gasteiger partial charge is 0.357 e. The molecule has 4 bridgehead atoms. The van der Waals surface area contributed by atoms with Gasteiger partial charge in [-0.3, -0.25) is 9.59 Å². The molecule has 0 spiro atoms. The van der Waals surface area contributed by atoms with Crippen molar-refractivity contribution < 1.29 is 9.59 Å². The average molecular weight is 272 g/mol. The fourth-order valence-corrected chi connectivity index (χ4v) is 5.18. The second-order valence-electron chi connectivity index (χ2n) is 7.12. The summed E-state index contributed by atoms with van der Waals surface area (Å²) in [7, 11) is 0. The lowest BCUT2D eigenvalue weighted by Gasteiger charge is -2.56. The summed E-state index contributed by atoms with van der Waals surface area (Å²) < 4.78 is 0. The lowest BCUT2D eigenvalue weighted by Crippen LogP contribution is -2.59. The van der Waals surface area contributed by atoms with Crippen molar-refractivity contribution in [2.45, 2.75) is 44.1 Å². The average Bonchev–Trinajstić information content (AvgIpc) is 2.85. The SMILES string of the molecule is O=Cc1c[nH]c(C(=O)NC23CC4CC(CC(C4)C2)C3)c1. The first-order chi connectivity index (χ1) is 9.66. The van der Waals surface area contributed by atoms with Gasteiger partial charge in [0.1, 0.15) is 5.69 Å². The van der Waals surface area contributed by atoms with Crippen LogP contribution in [0.4, 0.5) is 0 Å². The molecule has 0 unspecified atom stereocenters. The van der Waals surface area contributed by atoms with Gasteiger partial charge in [-0.15, -0.1) is 0 Å². The van der Waals surface area contributed by atoms with Crippen LogP contribution in [0.2, 0.25) is 0 Å². The third kappa shape index (κ3) is 1.89. The first kappa shape index (κ1) is 12.2. The summed E-state index contributed by atoms with van der Waals surface area (Å²) in [6.45, 7) is 0. The van der Waals surface area contributed by atoms with Crippen molar-refractivity contribution in [3.63, 3.8) is 0 Å². The van der Waals surface area contributed by atoms with E-state index in [4.69, 9.17) is 0 Å². The molecule has 1 aromatic heterocycles. The summed E-state index contributed by atoms with van der Waals surface area (Å²) in [5.41, 5.74) is 1.06. The number of hydrogen-bond acceptors (Lipinski definition) is 2. The molecule has 4 heteroatoms. The second kappa shape index (κ2) is 4.21. The van der Waals surface area contributed by atoms with E-state index in [1.165, 1.54) is 19.3 Å². The van der Waals surface area contributed by atoms with Crippen molar-refractivity contribution in [1.82, 2.24) is 10.3 Å². The Labute approximate surface area is 118 Å². The fourth-order valence-electron chi connectivity index (χ4n) is 5.18. The molecule has 1 heterocycles. The minimum absolute atomic E-state index is 0.0261. The Morgan fingerprint density at radius 1 is 1.20 bits per heavy atom. The summed E-state index contributed by atoms with van der Waals surface area (Å²) in [5.74, 6) is 2.39. The van der Waals surface area contributed by atoms with Crippen LogP contribution in [0.25, 0.3) is 0 Å². The van der Waals surface area contributed by atoms with Crippen LogP contribution in [-0.4, -0.2) is 22.7 Å². The van der Waals surface area contributed by atoms with Crippen LogP contribution in [0.5, 0.6) is 0 Å². The van der Waals surface area contributed by atoms with E-state index >= 15 is 0 Å². The van der Waals surface area contributed by atoms with Gasteiger partial charge < -0.3 is 10.3 Å². The number of hydrogen-bond donors (Lipinski definition) is 2. The van der Waals surface area contributed by atoms with Gasteiger partial charge in [0.2, 0.25) is 0 Å². The number of carbonyl (C=O) groups is 2. The Balaban J connectivity index is 1.53. The fraction of sp³-hybridized carbons (Fsp3) is 0.625. The molecule has 4 aliphatic carbocycles. The van der Waals surface area contributed by atoms with Gasteiger partial charge in [-0.2, -0.15) is 0 Å². The standard InChI is InChI=1S/C16H20N2O2/c19-9-13-4-14(17-8-13)15(20)18-16-5-10-1-11(6-16)3-12(2-10)7-16/h4,8-12,17H,1-3,5-7H2,(H,18,20). The minimum Gasteiger partial charge on any atom is -0.357 e. The molecule has 106 valence electrons. The highest BCUT2D eigenvalue weighted by Gasteiger charge is 2.51. The summed E-state index contributed by atoms with van der Waals surface area (Å²) in [6, 6.07) is 1.63. The molecule has 4 saturated carbocycles. The van der Waals surface area contributed by atoms with Gasteiger partial charge in [0, 0.05) is 17.3 Å². The quantitative estimate of drug-likeness (QED) is 0.831. The monoisotopic (exact) mass is 272 g/mol. The molecule has 4 nitrogen and oxygen atoms in total. The van der Waals surface area contributed by atoms with Crippen molar-refractivity contribution in [2.75, 3.05) is 0 Å². The number of aldehydes is 1. The number of carbonyl (C=O) groups excluding carboxylic acids is 2. The van der Waals surface area contributed by atoms with Gasteiger partial charge in [0.05, 0.1) is 0 Å². The summed E-state index contributed by atoms with van der Waals surface area (Å²) in [4.78, 5) is 26.0. The highest BCUT2D eigenvalue weighted by atomic mass is 16.2. The maximum absolute atomic E-state index is 12.4. The number of H-pyrrole nitrogens is 1. The van der Waals surface area contributed by atoms with Crippen LogP contribution in [0.1, 0.15) is 59.4 Å². The van der Waals surface area contributed by atoms with Gasteiger partial charge in [0.15, 0.2) is 6.29 Å². The van der Waals surface area contributed by atoms with Gasteiger partial charge in [0.25, 0.3) is 5.91 Å². The molecule has 1 amide bonds. The zero-order valence-corrected chi connectivity index (χ0v) is 11.5. The van der Waals surface area contributed by atoms with Crippen LogP contribution >= 0.6 is 0 Å². The molecule has 2 N–H and O–H groups in total. The van der Waals surface area contributed by atoms with E-state index in [1.807, 2.05) is 0 Å². The Bertz CT molecular complexity index is 525. The van der Waals surface area contributed by atoms with Crippen molar-refractivity contribution >= 4 is 12.2 Å². The number of aromatic amines is 1. The highest BCUT2D eigenvalue weighted by Crippen LogP contribution is 2.55. The molecular formula is C16H20N2O2. The van der Waals surface area contributed by atoms with Crippen LogP contribution in [0, 0.1) is 17.8 Å². The Morgan fingerprint density at radius 3 is 2.30 bits per heavy atom. The smallest absolute Gasteiger partial charge is 0.268 e. The molecule has 4 fully saturated rings. The molecular weight excluding hydrogens is 252 g/mol. The van der Waals surface area contributed by atoms with E-state index in [2.05, 4.69) is 10.3 Å². The summed E-state index contributed by atoms with van der Waals surface area (Å²) in [6.07, 6.45) is 9.89. The second-order valence-corrected chi connectivity index (χ2v) is 7.12. The third-order valence-corrected chi connectivity index (χ3v) is 5.50. The Morgan fingerprint density at radius 2 is 1.80 bits per heavy atom. The molecule has 5 rings (SSSR count). The molecule has 0 radical (unpaired) electrons.